The van der Waals surface area contributed by atoms with E-state index in [0.717, 1.165) is 5.56 Å². The summed E-state index contributed by atoms with van der Waals surface area (Å²) in [7, 11) is 2.88. The first-order chi connectivity index (χ1) is 13.7. The van der Waals surface area contributed by atoms with Gasteiger partial charge in [0, 0.05) is 18.7 Å². The van der Waals surface area contributed by atoms with Gasteiger partial charge in [0.15, 0.2) is 8.32 Å². The second kappa shape index (κ2) is 10.4. The van der Waals surface area contributed by atoms with E-state index in [9.17, 15) is 4.79 Å². The van der Waals surface area contributed by atoms with E-state index in [4.69, 9.17) is 18.6 Å². The van der Waals surface area contributed by atoms with Crippen LogP contribution >= 0.6 is 15.9 Å². The number of nitrogens with zero attached hydrogens (tertiary/aromatic N) is 1. The van der Waals surface area contributed by atoms with E-state index >= 15 is 0 Å². The Labute approximate surface area is 191 Å². The second-order valence-electron chi connectivity index (χ2n) is 9.32. The number of ether oxygens (including phenoxy) is 3. The van der Waals surface area contributed by atoms with Gasteiger partial charge in [0.1, 0.15) is 17.2 Å². The summed E-state index contributed by atoms with van der Waals surface area (Å²) in [5.74, 6) is 1.83. The predicted molar refractivity (Wildman–Crippen MR) is 128 cm³/mol. The molecule has 6 nitrogen and oxygen atoms in total. The molecule has 0 unspecified atom stereocenters. The number of hydrogen-bond donors (Lipinski definition) is 0. The molecule has 0 aliphatic carbocycles. The molecule has 8 heteroatoms. The molecule has 0 aliphatic heterocycles. The van der Waals surface area contributed by atoms with Crippen LogP contribution in [0.15, 0.2) is 12.1 Å². The van der Waals surface area contributed by atoms with Crippen LogP contribution in [0.4, 0.5) is 0 Å². The van der Waals surface area contributed by atoms with Crippen molar-refractivity contribution in [2.45, 2.75) is 63.6 Å². The Morgan fingerprint density at radius 2 is 1.50 bits per heavy atom. The van der Waals surface area contributed by atoms with Gasteiger partial charge < -0.3 is 23.5 Å². The average Bonchev–Trinajstić information content (AvgIpc) is 2.64. The van der Waals surface area contributed by atoms with Gasteiger partial charge in [-0.1, -0.05) is 36.7 Å². The SMILES string of the molecule is COc1cc(OC)c(CN(CCO[Si](C)(C)C(C)(C)C)C(=O)C(C)(C)Br)c(OC)c1. The number of alkyl halides is 1. The molecule has 0 fully saturated rings. The van der Waals surface area contributed by atoms with Crippen LogP contribution in [0.1, 0.15) is 40.2 Å². The van der Waals surface area contributed by atoms with Crippen molar-refractivity contribution in [3.63, 3.8) is 0 Å². The van der Waals surface area contributed by atoms with Gasteiger partial charge in [0.05, 0.1) is 44.4 Å². The maximum absolute atomic E-state index is 13.2. The zero-order valence-electron chi connectivity index (χ0n) is 20.1. The molecule has 0 bridgehead atoms. The quantitative estimate of drug-likeness (QED) is 0.322. The Kier molecular flexibility index (Phi) is 9.26. The molecule has 1 aromatic carbocycles. The van der Waals surface area contributed by atoms with Crippen LogP contribution in [0.5, 0.6) is 17.2 Å². The van der Waals surface area contributed by atoms with Crippen LogP contribution in [0.2, 0.25) is 18.1 Å². The molecular formula is C22H38BrNO5Si. The molecule has 0 N–H and O–H groups in total. The van der Waals surface area contributed by atoms with E-state index in [0.29, 0.717) is 36.9 Å². The third-order valence-corrected chi connectivity index (χ3v) is 10.5. The van der Waals surface area contributed by atoms with Gasteiger partial charge >= 0.3 is 0 Å². The zero-order valence-corrected chi connectivity index (χ0v) is 22.7. The number of benzene rings is 1. The van der Waals surface area contributed by atoms with E-state index in [1.807, 2.05) is 13.8 Å². The summed E-state index contributed by atoms with van der Waals surface area (Å²) in [6, 6.07) is 3.60. The molecule has 0 spiro atoms. The number of amides is 1. The van der Waals surface area contributed by atoms with Crippen LogP contribution in [-0.2, 0) is 15.8 Å². The van der Waals surface area contributed by atoms with Crippen molar-refractivity contribution in [3.05, 3.63) is 17.7 Å². The van der Waals surface area contributed by atoms with Gasteiger partial charge in [-0.25, -0.2) is 0 Å². The fourth-order valence-corrected chi connectivity index (χ4v) is 3.97. The van der Waals surface area contributed by atoms with E-state index in [2.05, 4.69) is 49.8 Å². The average molecular weight is 505 g/mol. The summed E-state index contributed by atoms with van der Waals surface area (Å²) in [6.45, 7) is 16.0. The monoisotopic (exact) mass is 503 g/mol. The zero-order chi connectivity index (χ0) is 23.3. The standard InChI is InChI=1S/C22H38BrNO5Si/c1-21(2,3)30(9,10)29-12-11-24(20(25)22(4,5)23)15-17-18(27-7)13-16(26-6)14-19(17)28-8/h13-14H,11-12,15H2,1-10H3. The van der Waals surface area contributed by atoms with Gasteiger partial charge in [0.2, 0.25) is 5.91 Å². The smallest absolute Gasteiger partial charge is 0.239 e. The lowest BCUT2D eigenvalue weighted by atomic mass is 10.1. The minimum absolute atomic E-state index is 0.0266. The highest BCUT2D eigenvalue weighted by Gasteiger charge is 2.37. The van der Waals surface area contributed by atoms with Crippen LogP contribution in [-0.4, -0.2) is 57.9 Å². The summed E-state index contributed by atoms with van der Waals surface area (Å²) < 4.78 is 22.1. The van der Waals surface area contributed by atoms with Gasteiger partial charge in [-0.15, -0.1) is 0 Å². The van der Waals surface area contributed by atoms with Crippen molar-refractivity contribution in [3.8, 4) is 17.2 Å². The lowest BCUT2D eigenvalue weighted by Crippen LogP contribution is -2.46. The molecule has 0 atom stereocenters. The molecule has 1 amide bonds. The number of carbonyl (C=O) groups excluding carboxylic acids is 1. The molecule has 172 valence electrons. The third kappa shape index (κ3) is 6.88. The minimum atomic E-state index is -1.91. The fourth-order valence-electron chi connectivity index (χ4n) is 2.68. The second-order valence-corrected chi connectivity index (χ2v) is 16.1. The van der Waals surface area contributed by atoms with Gasteiger partial charge in [-0.2, -0.15) is 0 Å². The topological polar surface area (TPSA) is 57.2 Å². The van der Waals surface area contributed by atoms with Crippen molar-refractivity contribution in [2.24, 2.45) is 0 Å². The lowest BCUT2D eigenvalue weighted by molar-refractivity contribution is -0.133. The van der Waals surface area contributed by atoms with Gasteiger partial charge in [-0.3, -0.25) is 4.79 Å². The minimum Gasteiger partial charge on any atom is -0.496 e. The van der Waals surface area contributed by atoms with E-state index < -0.39 is 12.6 Å². The third-order valence-electron chi connectivity index (χ3n) is 5.59. The first kappa shape index (κ1) is 26.8. The molecule has 1 rings (SSSR count). The Morgan fingerprint density at radius 1 is 1.00 bits per heavy atom. The molecule has 1 aromatic rings. The van der Waals surface area contributed by atoms with Crippen LogP contribution < -0.4 is 14.2 Å². The molecule has 0 aromatic heterocycles. The summed E-state index contributed by atoms with van der Waals surface area (Å²) in [5.41, 5.74) is 0.790. The highest BCUT2D eigenvalue weighted by Crippen LogP contribution is 2.37. The number of hydrogen-bond acceptors (Lipinski definition) is 5. The maximum atomic E-state index is 13.2. The van der Waals surface area contributed by atoms with Crippen molar-refractivity contribution in [1.29, 1.82) is 0 Å². The van der Waals surface area contributed by atoms with Gasteiger partial charge in [0.25, 0.3) is 0 Å². The number of methoxy groups -OCH3 is 3. The maximum Gasteiger partial charge on any atom is 0.239 e. The molecule has 0 saturated carbocycles. The normalized spacial score (nSPS) is 12.5. The molecule has 0 saturated heterocycles. The molecule has 0 heterocycles. The van der Waals surface area contributed by atoms with Crippen LogP contribution in [0.25, 0.3) is 0 Å². The van der Waals surface area contributed by atoms with Crippen molar-refractivity contribution in [2.75, 3.05) is 34.5 Å². The first-order valence-electron chi connectivity index (χ1n) is 10.1. The molecule has 0 aliphatic rings. The number of carbonyl (C=O) groups is 1. The summed E-state index contributed by atoms with van der Waals surface area (Å²) in [5, 5.41) is 0.110. The Bertz CT molecular complexity index is 700. The summed E-state index contributed by atoms with van der Waals surface area (Å²) in [4.78, 5) is 15.0. The molecular weight excluding hydrogens is 466 g/mol. The molecule has 0 radical (unpaired) electrons. The van der Waals surface area contributed by atoms with E-state index in [1.54, 1.807) is 38.4 Å². The van der Waals surface area contributed by atoms with Crippen LogP contribution in [0.3, 0.4) is 0 Å². The highest BCUT2D eigenvalue weighted by molar-refractivity contribution is 9.10. The Balaban J connectivity index is 3.19. The first-order valence-corrected chi connectivity index (χ1v) is 13.8. The fraction of sp³-hybridized carbons (Fsp3) is 0.682. The Morgan fingerprint density at radius 3 is 1.87 bits per heavy atom. The van der Waals surface area contributed by atoms with Crippen molar-refractivity contribution >= 4 is 30.2 Å². The number of halogens is 1. The van der Waals surface area contributed by atoms with Crippen molar-refractivity contribution in [1.82, 2.24) is 4.90 Å². The lowest BCUT2D eigenvalue weighted by Gasteiger charge is -2.37. The summed E-state index contributed by atoms with van der Waals surface area (Å²) in [6.07, 6.45) is 0. The van der Waals surface area contributed by atoms with Crippen LogP contribution in [0, 0.1) is 0 Å². The number of rotatable bonds is 10. The van der Waals surface area contributed by atoms with Crippen molar-refractivity contribution < 1.29 is 23.4 Å². The largest absolute Gasteiger partial charge is 0.496 e. The van der Waals surface area contributed by atoms with E-state index in [1.165, 1.54) is 0 Å². The van der Waals surface area contributed by atoms with E-state index in [-0.39, 0.29) is 10.9 Å². The predicted octanol–water partition coefficient (Wildman–Crippen LogP) is 5.24. The molecule has 30 heavy (non-hydrogen) atoms. The Hall–Kier alpha value is -1.25. The highest BCUT2D eigenvalue weighted by atomic mass is 79.9. The summed E-state index contributed by atoms with van der Waals surface area (Å²) >= 11 is 3.51. The van der Waals surface area contributed by atoms with Gasteiger partial charge in [-0.05, 0) is 32.0 Å².